The molecule has 0 aliphatic heterocycles. The van der Waals surface area contributed by atoms with E-state index in [9.17, 15) is 4.79 Å². The summed E-state index contributed by atoms with van der Waals surface area (Å²) in [6.07, 6.45) is 3.67. The molecule has 0 saturated heterocycles. The second kappa shape index (κ2) is 5.26. The Hall–Kier alpha value is -0.880. The fourth-order valence-electron chi connectivity index (χ4n) is 0.504. The van der Waals surface area contributed by atoms with Crippen molar-refractivity contribution >= 4 is 11.7 Å². The molecule has 0 fully saturated rings. The Bertz CT molecular complexity index is 134. The minimum Gasteiger partial charge on any atom is -0.294 e. The van der Waals surface area contributed by atoms with Gasteiger partial charge in [-0.05, 0) is 12.3 Å². The van der Waals surface area contributed by atoms with Crippen molar-refractivity contribution in [1.29, 1.82) is 5.41 Å². The Morgan fingerprint density at radius 2 is 2.44 bits per heavy atom. The standard InChI is InChI=1S/C7H11NO/c1-2-3-4-7(9)5-6-8/h5,8H,2-4H2,1H3. The van der Waals surface area contributed by atoms with E-state index in [-0.39, 0.29) is 5.78 Å². The highest BCUT2D eigenvalue weighted by atomic mass is 16.1. The van der Waals surface area contributed by atoms with Crippen molar-refractivity contribution in [1.82, 2.24) is 0 Å². The first-order valence-electron chi connectivity index (χ1n) is 3.09. The summed E-state index contributed by atoms with van der Waals surface area (Å²) in [6.45, 7) is 2.03. The third-order valence-electron chi connectivity index (χ3n) is 1.01. The normalized spacial score (nSPS) is 8.11. The van der Waals surface area contributed by atoms with Gasteiger partial charge in [0.25, 0.3) is 0 Å². The van der Waals surface area contributed by atoms with Gasteiger partial charge in [0, 0.05) is 12.5 Å². The van der Waals surface area contributed by atoms with Gasteiger partial charge in [-0.15, -0.1) is 0 Å². The summed E-state index contributed by atoms with van der Waals surface area (Å²) >= 11 is 0. The van der Waals surface area contributed by atoms with Gasteiger partial charge in [0.05, 0.1) is 0 Å². The fourth-order valence-corrected chi connectivity index (χ4v) is 0.504. The number of allylic oxidation sites excluding steroid dienone is 1. The zero-order valence-corrected chi connectivity index (χ0v) is 5.61. The molecule has 0 unspecified atom stereocenters. The van der Waals surface area contributed by atoms with Crippen LogP contribution in [0.4, 0.5) is 0 Å². The molecule has 0 aliphatic rings. The SMILES string of the molecule is CCCCC(=O)C=C=N. The molecular formula is C7H11NO. The van der Waals surface area contributed by atoms with E-state index in [0.29, 0.717) is 6.42 Å². The lowest BCUT2D eigenvalue weighted by molar-refractivity contribution is -0.114. The van der Waals surface area contributed by atoms with Crippen LogP contribution in [0.15, 0.2) is 6.08 Å². The lowest BCUT2D eigenvalue weighted by Crippen LogP contribution is -1.90. The van der Waals surface area contributed by atoms with Gasteiger partial charge in [-0.1, -0.05) is 13.3 Å². The van der Waals surface area contributed by atoms with Crippen LogP contribution in [0.3, 0.4) is 0 Å². The predicted octanol–water partition coefficient (Wildman–Crippen LogP) is 1.55. The second-order valence-electron chi connectivity index (χ2n) is 1.86. The van der Waals surface area contributed by atoms with Gasteiger partial charge in [-0.2, -0.15) is 0 Å². The first-order chi connectivity index (χ1) is 4.31. The number of hydrogen-bond donors (Lipinski definition) is 1. The molecule has 0 heterocycles. The smallest absolute Gasteiger partial charge is 0.164 e. The van der Waals surface area contributed by atoms with Gasteiger partial charge in [-0.25, -0.2) is 0 Å². The molecular weight excluding hydrogens is 114 g/mol. The van der Waals surface area contributed by atoms with Crippen molar-refractivity contribution in [3.05, 3.63) is 6.08 Å². The summed E-state index contributed by atoms with van der Waals surface area (Å²) in [4.78, 5) is 10.6. The number of nitrogens with one attached hydrogen (secondary N) is 1. The first kappa shape index (κ1) is 8.12. The molecule has 0 saturated carbocycles. The molecule has 50 valence electrons. The van der Waals surface area contributed by atoms with Crippen LogP contribution in [0.2, 0.25) is 0 Å². The van der Waals surface area contributed by atoms with Crippen molar-refractivity contribution in [2.45, 2.75) is 26.2 Å². The predicted molar refractivity (Wildman–Crippen MR) is 36.8 cm³/mol. The van der Waals surface area contributed by atoms with Crippen molar-refractivity contribution in [2.75, 3.05) is 0 Å². The van der Waals surface area contributed by atoms with E-state index in [0.717, 1.165) is 12.8 Å². The van der Waals surface area contributed by atoms with E-state index in [1.807, 2.05) is 12.8 Å². The van der Waals surface area contributed by atoms with Gasteiger partial charge >= 0.3 is 0 Å². The average molecular weight is 125 g/mol. The number of carbonyl (C=O) groups excluding carboxylic acids is 1. The van der Waals surface area contributed by atoms with Crippen molar-refractivity contribution < 1.29 is 4.79 Å². The molecule has 2 nitrogen and oxygen atoms in total. The number of hydrogen-bond acceptors (Lipinski definition) is 2. The van der Waals surface area contributed by atoms with Crippen molar-refractivity contribution in [3.8, 4) is 0 Å². The Labute approximate surface area is 55.1 Å². The summed E-state index contributed by atoms with van der Waals surface area (Å²) < 4.78 is 0. The van der Waals surface area contributed by atoms with Crippen LogP contribution in [-0.4, -0.2) is 11.7 Å². The average Bonchev–Trinajstić information content (AvgIpc) is 1.85. The van der Waals surface area contributed by atoms with E-state index in [4.69, 9.17) is 5.41 Å². The first-order valence-corrected chi connectivity index (χ1v) is 3.09. The summed E-state index contributed by atoms with van der Waals surface area (Å²) in [5.41, 5.74) is 0. The maximum Gasteiger partial charge on any atom is 0.164 e. The summed E-state index contributed by atoms with van der Waals surface area (Å²) in [5, 5.41) is 6.44. The zero-order chi connectivity index (χ0) is 7.11. The molecule has 0 aromatic heterocycles. The highest BCUT2D eigenvalue weighted by molar-refractivity contribution is 5.96. The van der Waals surface area contributed by atoms with E-state index in [1.54, 1.807) is 0 Å². The van der Waals surface area contributed by atoms with Gasteiger partial charge < -0.3 is 0 Å². The lowest BCUT2D eigenvalue weighted by Gasteiger charge is -1.87. The third kappa shape index (κ3) is 4.98. The van der Waals surface area contributed by atoms with E-state index in [2.05, 4.69) is 0 Å². The van der Waals surface area contributed by atoms with Gasteiger partial charge in [0.15, 0.2) is 5.78 Å². The van der Waals surface area contributed by atoms with E-state index < -0.39 is 0 Å². The molecule has 2 heteroatoms. The summed E-state index contributed by atoms with van der Waals surface area (Å²) in [6, 6.07) is 0. The van der Waals surface area contributed by atoms with Crippen LogP contribution in [-0.2, 0) is 4.79 Å². The molecule has 0 rings (SSSR count). The van der Waals surface area contributed by atoms with Gasteiger partial charge in [0.1, 0.15) is 0 Å². The largest absolute Gasteiger partial charge is 0.294 e. The lowest BCUT2D eigenvalue weighted by atomic mass is 10.2. The zero-order valence-electron chi connectivity index (χ0n) is 5.61. The van der Waals surface area contributed by atoms with Crippen molar-refractivity contribution in [3.63, 3.8) is 0 Å². The summed E-state index contributed by atoms with van der Waals surface area (Å²) in [7, 11) is 0. The van der Waals surface area contributed by atoms with Crippen molar-refractivity contribution in [2.24, 2.45) is 0 Å². The van der Waals surface area contributed by atoms with Crippen LogP contribution >= 0.6 is 0 Å². The number of ketones is 1. The van der Waals surface area contributed by atoms with Crippen LogP contribution in [0, 0.1) is 5.41 Å². The molecule has 0 aromatic rings. The molecule has 0 aliphatic carbocycles. The maximum absolute atomic E-state index is 10.6. The quantitative estimate of drug-likeness (QED) is 0.449. The minimum atomic E-state index is 0.00634. The van der Waals surface area contributed by atoms with Crippen LogP contribution < -0.4 is 0 Å². The number of rotatable bonds is 4. The maximum atomic E-state index is 10.6. The molecule has 0 radical (unpaired) electrons. The Morgan fingerprint density at radius 3 is 2.89 bits per heavy atom. The fraction of sp³-hybridized carbons (Fsp3) is 0.571. The molecule has 0 bridgehead atoms. The van der Waals surface area contributed by atoms with Crippen LogP contribution in [0.1, 0.15) is 26.2 Å². The monoisotopic (exact) mass is 125 g/mol. The molecule has 9 heavy (non-hydrogen) atoms. The molecule has 0 spiro atoms. The molecule has 0 atom stereocenters. The van der Waals surface area contributed by atoms with E-state index >= 15 is 0 Å². The highest BCUT2D eigenvalue weighted by Gasteiger charge is 1.92. The molecule has 0 amide bonds. The molecule has 1 N–H and O–H groups in total. The van der Waals surface area contributed by atoms with Gasteiger partial charge in [-0.3, -0.25) is 10.2 Å². The number of unbranched alkanes of at least 4 members (excludes halogenated alkanes) is 1. The van der Waals surface area contributed by atoms with Gasteiger partial charge in [0.2, 0.25) is 0 Å². The Balaban J connectivity index is 3.39. The topological polar surface area (TPSA) is 40.9 Å². The Kier molecular flexibility index (Phi) is 4.75. The second-order valence-corrected chi connectivity index (χ2v) is 1.86. The number of carbonyl (C=O) groups is 1. The molecule has 0 aromatic carbocycles. The summed E-state index contributed by atoms with van der Waals surface area (Å²) in [5.74, 6) is 1.96. The Morgan fingerprint density at radius 1 is 1.78 bits per heavy atom. The van der Waals surface area contributed by atoms with Crippen LogP contribution in [0.25, 0.3) is 0 Å². The minimum absolute atomic E-state index is 0.00634. The third-order valence-corrected chi connectivity index (χ3v) is 1.01. The highest BCUT2D eigenvalue weighted by Crippen LogP contribution is 1.94. The van der Waals surface area contributed by atoms with Crippen LogP contribution in [0.5, 0.6) is 0 Å². The van der Waals surface area contributed by atoms with E-state index in [1.165, 1.54) is 6.08 Å².